The molecule has 0 aliphatic carbocycles. The van der Waals surface area contributed by atoms with Crippen LogP contribution >= 0.6 is 0 Å². The molecule has 0 aromatic heterocycles. The highest BCUT2D eigenvalue weighted by Gasteiger charge is 2.29. The summed E-state index contributed by atoms with van der Waals surface area (Å²) in [6.07, 6.45) is 3.41. The van der Waals surface area contributed by atoms with E-state index in [9.17, 15) is 0 Å². The Balaban J connectivity index is 1.59. The number of fused-ring (bicyclic) bond motifs is 3. The van der Waals surface area contributed by atoms with E-state index in [-0.39, 0.29) is 0 Å². The third kappa shape index (κ3) is 2.93. The van der Waals surface area contributed by atoms with E-state index < -0.39 is 0 Å². The molecule has 4 rings (SSSR count). The van der Waals surface area contributed by atoms with E-state index in [2.05, 4.69) is 46.6 Å². The maximum absolute atomic E-state index is 5.34. The van der Waals surface area contributed by atoms with Gasteiger partial charge in [-0.05, 0) is 60.7 Å². The molecule has 1 atom stereocenters. The van der Waals surface area contributed by atoms with Crippen molar-refractivity contribution in [1.82, 2.24) is 5.32 Å². The van der Waals surface area contributed by atoms with Crippen LogP contribution in [-0.4, -0.2) is 32.8 Å². The van der Waals surface area contributed by atoms with Gasteiger partial charge in [-0.25, -0.2) is 0 Å². The Morgan fingerprint density at radius 3 is 2.96 bits per heavy atom. The first-order chi connectivity index (χ1) is 11.3. The minimum atomic E-state index is 0.687. The van der Waals surface area contributed by atoms with Crippen molar-refractivity contribution >= 4 is 5.69 Å². The molecule has 120 valence electrons. The Kier molecular flexibility index (Phi) is 3.96. The predicted octanol–water partition coefficient (Wildman–Crippen LogP) is 3.01. The Hall–Kier alpha value is -2.00. The molecule has 2 aromatic rings. The molecule has 1 unspecified atom stereocenters. The number of hydrogen-bond acceptors (Lipinski definition) is 3. The van der Waals surface area contributed by atoms with Crippen molar-refractivity contribution in [2.75, 3.05) is 31.6 Å². The first-order valence-corrected chi connectivity index (χ1v) is 8.55. The normalized spacial score (nSPS) is 19.9. The molecule has 2 aliphatic heterocycles. The largest absolute Gasteiger partial charge is 0.497 e. The number of hydrogen-bond donors (Lipinski definition) is 1. The van der Waals surface area contributed by atoms with Gasteiger partial charge in [-0.2, -0.15) is 0 Å². The number of ether oxygens (including phenoxy) is 1. The molecule has 1 saturated heterocycles. The monoisotopic (exact) mass is 308 g/mol. The van der Waals surface area contributed by atoms with Crippen molar-refractivity contribution in [2.24, 2.45) is 0 Å². The number of anilines is 1. The summed E-state index contributed by atoms with van der Waals surface area (Å²) in [5.74, 6) is 0.933. The van der Waals surface area contributed by atoms with Gasteiger partial charge in [0.15, 0.2) is 0 Å². The lowest BCUT2D eigenvalue weighted by molar-refractivity contribution is 0.414. The zero-order chi connectivity index (χ0) is 15.6. The Morgan fingerprint density at radius 2 is 2.04 bits per heavy atom. The van der Waals surface area contributed by atoms with Gasteiger partial charge >= 0.3 is 0 Å². The predicted molar refractivity (Wildman–Crippen MR) is 94.6 cm³/mol. The maximum atomic E-state index is 5.34. The van der Waals surface area contributed by atoms with Crippen LogP contribution in [0.3, 0.4) is 0 Å². The summed E-state index contributed by atoms with van der Waals surface area (Å²) in [5.41, 5.74) is 5.66. The van der Waals surface area contributed by atoms with Gasteiger partial charge in [-0.1, -0.05) is 24.3 Å². The first-order valence-electron chi connectivity index (χ1n) is 8.55. The Bertz CT molecular complexity index is 698. The van der Waals surface area contributed by atoms with E-state index in [0.29, 0.717) is 6.04 Å². The summed E-state index contributed by atoms with van der Waals surface area (Å²) in [7, 11) is 1.72. The number of nitrogens with one attached hydrogen (secondary N) is 1. The highest BCUT2D eigenvalue weighted by Crippen LogP contribution is 2.35. The molecule has 0 bridgehead atoms. The van der Waals surface area contributed by atoms with E-state index in [0.717, 1.165) is 31.8 Å². The fourth-order valence-corrected chi connectivity index (χ4v) is 3.89. The molecule has 0 radical (unpaired) electrons. The topological polar surface area (TPSA) is 24.5 Å². The molecule has 2 heterocycles. The van der Waals surface area contributed by atoms with E-state index >= 15 is 0 Å². The van der Waals surface area contributed by atoms with Crippen molar-refractivity contribution in [3.63, 3.8) is 0 Å². The van der Waals surface area contributed by atoms with E-state index in [1.165, 1.54) is 35.2 Å². The van der Waals surface area contributed by atoms with Gasteiger partial charge in [0.1, 0.15) is 5.75 Å². The number of rotatable bonds is 3. The average Bonchev–Trinajstić information content (AvgIpc) is 2.76. The number of methoxy groups -OCH3 is 1. The van der Waals surface area contributed by atoms with Crippen LogP contribution in [0.4, 0.5) is 5.69 Å². The quantitative estimate of drug-likeness (QED) is 0.943. The summed E-state index contributed by atoms with van der Waals surface area (Å²) in [4.78, 5) is 2.62. The lowest BCUT2D eigenvalue weighted by Crippen LogP contribution is -2.32. The lowest BCUT2D eigenvalue weighted by Gasteiger charge is -2.24. The molecule has 2 aliphatic rings. The van der Waals surface area contributed by atoms with Crippen LogP contribution in [0.5, 0.6) is 5.75 Å². The highest BCUT2D eigenvalue weighted by atomic mass is 16.5. The molecule has 0 saturated carbocycles. The van der Waals surface area contributed by atoms with Gasteiger partial charge in [0.25, 0.3) is 0 Å². The van der Waals surface area contributed by atoms with Crippen LogP contribution in [-0.2, 0) is 12.8 Å². The van der Waals surface area contributed by atoms with Crippen molar-refractivity contribution < 1.29 is 4.74 Å². The second-order valence-corrected chi connectivity index (χ2v) is 6.58. The summed E-state index contributed by atoms with van der Waals surface area (Å²) >= 11 is 0. The van der Waals surface area contributed by atoms with Crippen molar-refractivity contribution in [3.05, 3.63) is 59.2 Å². The number of nitrogens with zero attached hydrogens (tertiary/aromatic N) is 1. The van der Waals surface area contributed by atoms with Crippen molar-refractivity contribution in [2.45, 2.75) is 25.3 Å². The van der Waals surface area contributed by atoms with Crippen LogP contribution in [0.25, 0.3) is 0 Å². The van der Waals surface area contributed by atoms with Crippen LogP contribution in [0.2, 0.25) is 0 Å². The minimum Gasteiger partial charge on any atom is -0.497 e. The van der Waals surface area contributed by atoms with Crippen molar-refractivity contribution in [3.8, 4) is 5.75 Å². The molecular formula is C20H24N2O. The Labute approximate surface area is 138 Å². The molecule has 0 amide bonds. The summed E-state index contributed by atoms with van der Waals surface area (Å²) in [6, 6.07) is 16.1. The zero-order valence-corrected chi connectivity index (χ0v) is 13.7. The van der Waals surface area contributed by atoms with Crippen LogP contribution < -0.4 is 15.0 Å². The Morgan fingerprint density at radius 1 is 1.13 bits per heavy atom. The van der Waals surface area contributed by atoms with Crippen molar-refractivity contribution in [1.29, 1.82) is 0 Å². The fraction of sp³-hybridized carbons (Fsp3) is 0.400. The lowest BCUT2D eigenvalue weighted by atomic mass is 10.0. The minimum absolute atomic E-state index is 0.687. The van der Waals surface area contributed by atoms with Gasteiger partial charge < -0.3 is 15.0 Å². The van der Waals surface area contributed by atoms with Crippen LogP contribution in [0.15, 0.2) is 42.5 Å². The number of benzene rings is 2. The van der Waals surface area contributed by atoms with Gasteiger partial charge in [0.2, 0.25) is 0 Å². The third-order valence-electron chi connectivity index (χ3n) is 5.08. The van der Waals surface area contributed by atoms with Gasteiger partial charge in [-0.15, -0.1) is 0 Å². The fourth-order valence-electron chi connectivity index (χ4n) is 3.89. The van der Waals surface area contributed by atoms with Crippen LogP contribution in [0, 0.1) is 0 Å². The molecule has 1 N–H and O–H groups in total. The molecule has 1 fully saturated rings. The van der Waals surface area contributed by atoms with Gasteiger partial charge in [0, 0.05) is 24.8 Å². The third-order valence-corrected chi connectivity index (χ3v) is 5.08. The van der Waals surface area contributed by atoms with Gasteiger partial charge in [0.05, 0.1) is 7.11 Å². The zero-order valence-electron chi connectivity index (χ0n) is 13.7. The molecule has 3 nitrogen and oxygen atoms in total. The second kappa shape index (κ2) is 6.25. The average molecular weight is 308 g/mol. The molecule has 3 heteroatoms. The smallest absolute Gasteiger partial charge is 0.119 e. The SMILES string of the molecule is COc1cccc(Cc2ccc3c(c2)N2CCNCCC2C3)c1. The maximum Gasteiger partial charge on any atom is 0.119 e. The molecule has 23 heavy (non-hydrogen) atoms. The van der Waals surface area contributed by atoms with E-state index in [1.54, 1.807) is 7.11 Å². The van der Waals surface area contributed by atoms with E-state index in [1.807, 2.05) is 6.07 Å². The molecule has 0 spiro atoms. The highest BCUT2D eigenvalue weighted by molar-refractivity contribution is 5.61. The summed E-state index contributed by atoms with van der Waals surface area (Å²) in [6.45, 7) is 3.36. The molecule has 2 aromatic carbocycles. The summed E-state index contributed by atoms with van der Waals surface area (Å²) < 4.78 is 5.34. The first kappa shape index (κ1) is 14.6. The molecular weight excluding hydrogens is 284 g/mol. The van der Waals surface area contributed by atoms with Gasteiger partial charge in [-0.3, -0.25) is 0 Å². The van der Waals surface area contributed by atoms with E-state index in [4.69, 9.17) is 4.74 Å². The standard InChI is InChI=1S/C20H24N2O/c1-23-19-4-2-3-15(12-19)11-16-5-6-17-14-18-7-8-21-9-10-22(18)20(17)13-16/h2-6,12-13,18,21H,7-11,14H2,1H3. The second-order valence-electron chi connectivity index (χ2n) is 6.58. The van der Waals surface area contributed by atoms with Crippen LogP contribution in [0.1, 0.15) is 23.1 Å². The summed E-state index contributed by atoms with van der Waals surface area (Å²) in [5, 5.41) is 3.52.